The predicted molar refractivity (Wildman–Crippen MR) is 95.4 cm³/mol. The van der Waals surface area contributed by atoms with Crippen molar-refractivity contribution in [3.8, 4) is 0 Å². The molecule has 1 aromatic carbocycles. The first-order valence-corrected chi connectivity index (χ1v) is 7.58. The van der Waals surface area contributed by atoms with E-state index in [1.165, 1.54) is 16.7 Å². The molecule has 1 rings (SSSR count). The Labute approximate surface area is 130 Å². The average Bonchev–Trinajstić information content (AvgIpc) is 2.36. The van der Waals surface area contributed by atoms with Crippen molar-refractivity contribution in [2.45, 2.75) is 47.5 Å². The highest BCUT2D eigenvalue weighted by atomic mass is 14.5. The van der Waals surface area contributed by atoms with Gasteiger partial charge in [0.25, 0.3) is 0 Å². The molecule has 1 nitrogen and oxygen atoms in total. The number of anilines is 1. The average molecular weight is 283 g/mol. The minimum absolute atomic E-state index is 0.229. The summed E-state index contributed by atoms with van der Waals surface area (Å²) < 4.78 is 0. The molecule has 114 valence electrons. The summed E-state index contributed by atoms with van der Waals surface area (Å²) in [6.07, 6.45) is 8.39. The van der Waals surface area contributed by atoms with Crippen LogP contribution < -0.4 is 5.73 Å². The van der Waals surface area contributed by atoms with E-state index in [-0.39, 0.29) is 5.41 Å². The van der Waals surface area contributed by atoms with Gasteiger partial charge in [0.2, 0.25) is 0 Å². The van der Waals surface area contributed by atoms with E-state index in [1.807, 2.05) is 12.1 Å². The maximum Gasteiger partial charge on any atom is 0.0316 e. The Kier molecular flexibility index (Phi) is 6.02. The highest BCUT2D eigenvalue weighted by molar-refractivity contribution is 5.44. The van der Waals surface area contributed by atoms with E-state index in [4.69, 9.17) is 5.73 Å². The molecule has 0 heterocycles. The fourth-order valence-electron chi connectivity index (χ4n) is 1.96. The van der Waals surface area contributed by atoms with Gasteiger partial charge in [-0.15, -0.1) is 0 Å². The molecule has 0 saturated carbocycles. The molecule has 1 aromatic rings. The van der Waals surface area contributed by atoms with E-state index in [0.717, 1.165) is 24.1 Å². The van der Waals surface area contributed by atoms with Crippen LogP contribution in [0.1, 0.15) is 45.2 Å². The summed E-state index contributed by atoms with van der Waals surface area (Å²) in [5, 5.41) is 0. The minimum atomic E-state index is 0.229. The zero-order valence-electron chi connectivity index (χ0n) is 14.2. The van der Waals surface area contributed by atoms with E-state index in [1.54, 1.807) is 0 Å². The fourth-order valence-corrected chi connectivity index (χ4v) is 1.96. The molecule has 0 aromatic heterocycles. The molecule has 0 fully saturated rings. The topological polar surface area (TPSA) is 26.0 Å². The molecule has 0 aliphatic carbocycles. The summed E-state index contributed by atoms with van der Waals surface area (Å²) in [6.45, 7) is 15.1. The van der Waals surface area contributed by atoms with Crippen LogP contribution in [0.3, 0.4) is 0 Å². The van der Waals surface area contributed by atoms with Gasteiger partial charge in [-0.05, 0) is 55.4 Å². The quantitative estimate of drug-likeness (QED) is 0.551. The van der Waals surface area contributed by atoms with E-state index >= 15 is 0 Å². The first-order valence-electron chi connectivity index (χ1n) is 7.58. The van der Waals surface area contributed by atoms with Crippen LogP contribution in [0.25, 0.3) is 0 Å². The zero-order valence-corrected chi connectivity index (χ0v) is 14.2. The normalized spacial score (nSPS) is 12.9. The molecule has 0 radical (unpaired) electrons. The Bertz CT molecular complexity index is 554. The minimum Gasteiger partial charge on any atom is -0.399 e. The molecule has 0 atom stereocenters. The molecular weight excluding hydrogens is 254 g/mol. The van der Waals surface area contributed by atoms with Crippen LogP contribution in [0.5, 0.6) is 0 Å². The molecule has 0 bridgehead atoms. The van der Waals surface area contributed by atoms with Gasteiger partial charge in [0.1, 0.15) is 0 Å². The van der Waals surface area contributed by atoms with E-state index in [2.05, 4.69) is 65.5 Å². The van der Waals surface area contributed by atoms with Gasteiger partial charge in [0.05, 0.1) is 0 Å². The molecule has 0 aliphatic rings. The second kappa shape index (κ2) is 7.31. The van der Waals surface area contributed by atoms with Crippen molar-refractivity contribution in [3.05, 3.63) is 65.3 Å². The van der Waals surface area contributed by atoms with Crippen molar-refractivity contribution in [2.75, 3.05) is 5.73 Å². The Balaban J connectivity index is 2.55. The maximum atomic E-state index is 5.78. The number of nitrogen functional groups attached to an aromatic ring is 1. The standard InChI is InChI=1S/C20H29N/c1-15(8-7-9-17(3)20(4,5)6)10-11-18-12-13-19(21)14-16(18)2/h7-9,12-14H,1,10-11,21H2,2-6H3/b8-7-,17-9+. The lowest BCUT2D eigenvalue weighted by Crippen LogP contribution is -2.05. The second-order valence-corrected chi connectivity index (χ2v) is 6.80. The van der Waals surface area contributed by atoms with Gasteiger partial charge in [-0.2, -0.15) is 0 Å². The Morgan fingerprint density at radius 2 is 1.95 bits per heavy atom. The Morgan fingerprint density at radius 3 is 2.52 bits per heavy atom. The number of aryl methyl sites for hydroxylation is 2. The smallest absolute Gasteiger partial charge is 0.0316 e. The van der Waals surface area contributed by atoms with Gasteiger partial charge in [-0.25, -0.2) is 0 Å². The van der Waals surface area contributed by atoms with Crippen LogP contribution in [0.15, 0.2) is 54.2 Å². The number of hydrogen-bond acceptors (Lipinski definition) is 1. The summed E-state index contributed by atoms with van der Waals surface area (Å²) in [7, 11) is 0. The fraction of sp³-hybridized carbons (Fsp3) is 0.400. The second-order valence-electron chi connectivity index (χ2n) is 6.80. The van der Waals surface area contributed by atoms with Crippen molar-refractivity contribution < 1.29 is 0 Å². The molecule has 0 amide bonds. The first-order chi connectivity index (χ1) is 9.70. The summed E-state index contributed by atoms with van der Waals surface area (Å²) in [5.41, 5.74) is 12.0. The van der Waals surface area contributed by atoms with Crippen LogP contribution in [-0.2, 0) is 6.42 Å². The third kappa shape index (κ3) is 6.03. The van der Waals surface area contributed by atoms with E-state index in [9.17, 15) is 0 Å². The summed E-state index contributed by atoms with van der Waals surface area (Å²) >= 11 is 0. The Hall–Kier alpha value is -1.76. The number of rotatable bonds is 5. The van der Waals surface area contributed by atoms with Crippen molar-refractivity contribution >= 4 is 5.69 Å². The number of benzene rings is 1. The monoisotopic (exact) mass is 283 g/mol. The summed E-state index contributed by atoms with van der Waals surface area (Å²) in [6, 6.07) is 6.12. The summed E-state index contributed by atoms with van der Waals surface area (Å²) in [5.74, 6) is 0. The predicted octanol–water partition coefficient (Wildman–Crippen LogP) is 5.61. The van der Waals surface area contributed by atoms with Gasteiger partial charge < -0.3 is 5.73 Å². The van der Waals surface area contributed by atoms with Crippen molar-refractivity contribution in [3.63, 3.8) is 0 Å². The van der Waals surface area contributed by atoms with Gasteiger partial charge >= 0.3 is 0 Å². The van der Waals surface area contributed by atoms with Crippen LogP contribution >= 0.6 is 0 Å². The molecular formula is C20H29N. The molecule has 1 heteroatoms. The van der Waals surface area contributed by atoms with Gasteiger partial charge in [-0.1, -0.05) is 62.8 Å². The van der Waals surface area contributed by atoms with Crippen LogP contribution in [-0.4, -0.2) is 0 Å². The van der Waals surface area contributed by atoms with E-state index < -0.39 is 0 Å². The number of hydrogen-bond donors (Lipinski definition) is 1. The highest BCUT2D eigenvalue weighted by Gasteiger charge is 2.10. The lowest BCUT2D eigenvalue weighted by molar-refractivity contribution is 0.504. The third-order valence-electron chi connectivity index (χ3n) is 3.94. The van der Waals surface area contributed by atoms with Crippen LogP contribution in [0.4, 0.5) is 5.69 Å². The van der Waals surface area contributed by atoms with Crippen molar-refractivity contribution in [1.82, 2.24) is 0 Å². The SMILES string of the molecule is C=C(/C=C\C=C(/C)C(C)(C)C)CCc1ccc(N)cc1C. The van der Waals surface area contributed by atoms with Gasteiger partial charge in [0.15, 0.2) is 0 Å². The van der Waals surface area contributed by atoms with Gasteiger partial charge in [0, 0.05) is 5.69 Å². The maximum absolute atomic E-state index is 5.78. The van der Waals surface area contributed by atoms with Gasteiger partial charge in [-0.3, -0.25) is 0 Å². The molecule has 0 unspecified atom stereocenters. The zero-order chi connectivity index (χ0) is 16.0. The number of allylic oxidation sites excluding steroid dienone is 5. The highest BCUT2D eigenvalue weighted by Crippen LogP contribution is 2.24. The van der Waals surface area contributed by atoms with Crippen molar-refractivity contribution in [1.29, 1.82) is 0 Å². The third-order valence-corrected chi connectivity index (χ3v) is 3.94. The molecule has 0 aliphatic heterocycles. The Morgan fingerprint density at radius 1 is 1.29 bits per heavy atom. The molecule has 2 N–H and O–H groups in total. The largest absolute Gasteiger partial charge is 0.399 e. The van der Waals surface area contributed by atoms with Crippen molar-refractivity contribution in [2.24, 2.45) is 5.41 Å². The molecule has 0 saturated heterocycles. The van der Waals surface area contributed by atoms with Crippen LogP contribution in [0, 0.1) is 12.3 Å². The van der Waals surface area contributed by atoms with E-state index in [0.29, 0.717) is 0 Å². The summed E-state index contributed by atoms with van der Waals surface area (Å²) in [4.78, 5) is 0. The van der Waals surface area contributed by atoms with Crippen LogP contribution in [0.2, 0.25) is 0 Å². The molecule has 21 heavy (non-hydrogen) atoms. The number of nitrogens with two attached hydrogens (primary N) is 1. The first kappa shape index (κ1) is 17.3. The lowest BCUT2D eigenvalue weighted by Gasteiger charge is -2.18. The lowest BCUT2D eigenvalue weighted by atomic mass is 9.87. The molecule has 0 spiro atoms.